The fraction of sp³-hybridized carbons (Fsp3) is 0.300. The van der Waals surface area contributed by atoms with Gasteiger partial charge in [0.25, 0.3) is 0 Å². The van der Waals surface area contributed by atoms with Crippen molar-refractivity contribution in [3.63, 3.8) is 0 Å². The van der Waals surface area contributed by atoms with Crippen LogP contribution < -0.4 is 4.90 Å². The van der Waals surface area contributed by atoms with Crippen molar-refractivity contribution in [2.45, 2.75) is 12.8 Å². The van der Waals surface area contributed by atoms with Crippen molar-refractivity contribution in [3.05, 3.63) is 60.4 Å². The lowest BCUT2D eigenvalue weighted by Gasteiger charge is -2.34. The number of nitrogens with zero attached hydrogens (tertiary/aromatic N) is 5. The number of hydrogen-bond acceptors (Lipinski definition) is 6. The lowest BCUT2D eigenvalue weighted by Crippen LogP contribution is -2.49. The smallest absolute Gasteiger partial charge is 0.225 e. The van der Waals surface area contributed by atoms with Gasteiger partial charge in [-0.2, -0.15) is 0 Å². The van der Waals surface area contributed by atoms with Crippen molar-refractivity contribution in [3.8, 4) is 11.3 Å². The summed E-state index contributed by atoms with van der Waals surface area (Å²) in [5, 5.41) is 0. The molecule has 1 saturated heterocycles. The van der Waals surface area contributed by atoms with Gasteiger partial charge in [-0.3, -0.25) is 4.79 Å². The molecule has 1 aliphatic heterocycles. The number of hydrogen-bond donors (Lipinski definition) is 0. The first-order valence-electron chi connectivity index (χ1n) is 9.30. The molecular weight excluding hydrogens is 380 g/mol. The van der Waals surface area contributed by atoms with Crippen LogP contribution in [0.4, 0.5) is 14.7 Å². The highest BCUT2D eigenvalue weighted by Gasteiger charge is 2.22. The number of carbonyl (C=O) groups excluding carboxylic acids is 1. The van der Waals surface area contributed by atoms with Crippen LogP contribution in [-0.2, 0) is 11.2 Å². The van der Waals surface area contributed by atoms with Gasteiger partial charge in [-0.25, -0.2) is 23.7 Å². The first-order chi connectivity index (χ1) is 14.1. The van der Waals surface area contributed by atoms with E-state index in [9.17, 15) is 13.6 Å². The van der Waals surface area contributed by atoms with E-state index in [2.05, 4.69) is 15.0 Å². The van der Waals surface area contributed by atoms with Crippen LogP contribution in [0.2, 0.25) is 0 Å². The molecule has 3 heterocycles. The third-order valence-corrected chi connectivity index (χ3v) is 4.77. The Kier molecular flexibility index (Phi) is 5.46. The minimum Gasteiger partial charge on any atom is -0.441 e. The van der Waals surface area contributed by atoms with E-state index in [0.29, 0.717) is 44.4 Å². The molecule has 9 heteroatoms. The minimum atomic E-state index is -0.718. The number of aryl methyl sites for hydroxylation is 1. The zero-order valence-electron chi connectivity index (χ0n) is 15.6. The molecule has 0 atom stereocenters. The number of carbonyl (C=O) groups is 1. The number of halogens is 2. The average Bonchev–Trinajstić information content (AvgIpc) is 3.21. The van der Waals surface area contributed by atoms with Gasteiger partial charge in [0.05, 0.1) is 11.8 Å². The third-order valence-electron chi connectivity index (χ3n) is 4.77. The molecule has 1 aliphatic rings. The Morgan fingerprint density at radius 2 is 1.83 bits per heavy atom. The lowest BCUT2D eigenvalue weighted by molar-refractivity contribution is -0.131. The predicted octanol–water partition coefficient (Wildman–Crippen LogP) is 2.69. The summed E-state index contributed by atoms with van der Waals surface area (Å²) in [6.07, 6.45) is 5.33. The van der Waals surface area contributed by atoms with Crippen molar-refractivity contribution in [2.75, 3.05) is 31.1 Å². The molecule has 1 amide bonds. The Bertz CT molecular complexity index is 988. The molecule has 29 heavy (non-hydrogen) atoms. The number of anilines is 1. The molecular formula is C20H19F2N5O2. The predicted molar refractivity (Wildman–Crippen MR) is 101 cm³/mol. The number of amides is 1. The largest absolute Gasteiger partial charge is 0.441 e. The van der Waals surface area contributed by atoms with Gasteiger partial charge in [-0.05, 0) is 18.2 Å². The molecule has 0 radical (unpaired) electrons. The van der Waals surface area contributed by atoms with Gasteiger partial charge in [-0.1, -0.05) is 0 Å². The second-order valence-electron chi connectivity index (χ2n) is 6.66. The minimum absolute atomic E-state index is 0.00587. The maximum Gasteiger partial charge on any atom is 0.225 e. The Balaban J connectivity index is 1.30. The second-order valence-corrected chi connectivity index (χ2v) is 6.66. The van der Waals surface area contributed by atoms with E-state index in [0.717, 1.165) is 12.1 Å². The maximum atomic E-state index is 13.9. The molecule has 150 valence electrons. The van der Waals surface area contributed by atoms with E-state index >= 15 is 0 Å². The fourth-order valence-electron chi connectivity index (χ4n) is 3.22. The monoisotopic (exact) mass is 399 g/mol. The first kappa shape index (κ1) is 19.0. The van der Waals surface area contributed by atoms with Gasteiger partial charge < -0.3 is 14.2 Å². The molecule has 1 aromatic carbocycles. The van der Waals surface area contributed by atoms with Gasteiger partial charge in [0, 0.05) is 57.5 Å². The van der Waals surface area contributed by atoms with E-state index in [4.69, 9.17) is 4.42 Å². The van der Waals surface area contributed by atoms with Gasteiger partial charge in [-0.15, -0.1) is 0 Å². The maximum absolute atomic E-state index is 13.9. The van der Waals surface area contributed by atoms with Crippen LogP contribution in [0.15, 0.2) is 47.3 Å². The van der Waals surface area contributed by atoms with Crippen LogP contribution in [0.25, 0.3) is 11.3 Å². The molecule has 0 aliphatic carbocycles. The Hall–Kier alpha value is -3.36. The van der Waals surface area contributed by atoms with E-state index in [1.54, 1.807) is 23.4 Å². The van der Waals surface area contributed by atoms with Gasteiger partial charge in [0.1, 0.15) is 11.6 Å². The standard InChI is InChI=1S/C20H19F2N5O2/c21-14-2-3-15(16(22)12-14)17-13-25-18(29-17)4-5-19(28)26-8-10-27(11-9-26)20-23-6-1-7-24-20/h1-3,6-7,12-13H,4-5,8-11H2. The Morgan fingerprint density at radius 1 is 1.07 bits per heavy atom. The fourth-order valence-corrected chi connectivity index (χ4v) is 3.22. The van der Waals surface area contributed by atoms with Crippen molar-refractivity contribution >= 4 is 11.9 Å². The van der Waals surface area contributed by atoms with E-state index in [1.807, 2.05) is 4.90 Å². The summed E-state index contributed by atoms with van der Waals surface area (Å²) >= 11 is 0. The summed E-state index contributed by atoms with van der Waals surface area (Å²) in [6.45, 7) is 2.52. The molecule has 2 aromatic heterocycles. The highest BCUT2D eigenvalue weighted by atomic mass is 19.1. The van der Waals surface area contributed by atoms with Crippen molar-refractivity contribution in [1.29, 1.82) is 0 Å². The van der Waals surface area contributed by atoms with Crippen LogP contribution >= 0.6 is 0 Å². The van der Waals surface area contributed by atoms with E-state index in [1.165, 1.54) is 12.3 Å². The molecule has 0 unspecified atom stereocenters. The van der Waals surface area contributed by atoms with Crippen LogP contribution in [0.3, 0.4) is 0 Å². The van der Waals surface area contributed by atoms with Gasteiger partial charge in [0.2, 0.25) is 11.9 Å². The van der Waals surface area contributed by atoms with Crippen LogP contribution in [0.5, 0.6) is 0 Å². The SMILES string of the molecule is O=C(CCc1ncc(-c2ccc(F)cc2F)o1)N1CCN(c2ncccn2)CC1. The second kappa shape index (κ2) is 8.34. The van der Waals surface area contributed by atoms with Crippen molar-refractivity contribution in [1.82, 2.24) is 19.9 Å². The molecule has 1 fully saturated rings. The number of benzene rings is 1. The zero-order chi connectivity index (χ0) is 20.2. The molecule has 0 N–H and O–H groups in total. The summed E-state index contributed by atoms with van der Waals surface area (Å²) in [4.78, 5) is 28.9. The first-order valence-corrected chi connectivity index (χ1v) is 9.30. The summed E-state index contributed by atoms with van der Waals surface area (Å²) in [6, 6.07) is 5.02. The topological polar surface area (TPSA) is 75.4 Å². The average molecular weight is 399 g/mol. The summed E-state index contributed by atoms with van der Waals surface area (Å²) in [7, 11) is 0. The number of aromatic nitrogens is 3. The molecule has 0 saturated carbocycles. The summed E-state index contributed by atoms with van der Waals surface area (Å²) < 4.78 is 32.4. The quantitative estimate of drug-likeness (QED) is 0.657. The van der Waals surface area contributed by atoms with E-state index in [-0.39, 0.29) is 23.7 Å². The summed E-state index contributed by atoms with van der Waals surface area (Å²) in [5.41, 5.74) is 0.135. The molecule has 3 aromatic rings. The van der Waals surface area contributed by atoms with Crippen molar-refractivity contribution in [2.24, 2.45) is 0 Å². The third kappa shape index (κ3) is 4.39. The van der Waals surface area contributed by atoms with Crippen LogP contribution in [-0.4, -0.2) is 51.9 Å². The zero-order valence-corrected chi connectivity index (χ0v) is 15.6. The Morgan fingerprint density at radius 3 is 2.55 bits per heavy atom. The highest BCUT2D eigenvalue weighted by Crippen LogP contribution is 2.24. The molecule has 0 spiro atoms. The Labute approximate surface area is 166 Å². The number of oxazole rings is 1. The molecule has 0 bridgehead atoms. The highest BCUT2D eigenvalue weighted by molar-refractivity contribution is 5.76. The molecule has 4 rings (SSSR count). The van der Waals surface area contributed by atoms with Crippen molar-refractivity contribution < 1.29 is 18.0 Å². The van der Waals surface area contributed by atoms with Gasteiger partial charge in [0.15, 0.2) is 11.7 Å². The summed E-state index contributed by atoms with van der Waals surface area (Å²) in [5.74, 6) is -0.152. The normalized spacial score (nSPS) is 14.3. The lowest BCUT2D eigenvalue weighted by atomic mass is 10.2. The molecule has 7 nitrogen and oxygen atoms in total. The number of rotatable bonds is 5. The van der Waals surface area contributed by atoms with Crippen LogP contribution in [0, 0.1) is 11.6 Å². The number of piperazine rings is 1. The van der Waals surface area contributed by atoms with Gasteiger partial charge >= 0.3 is 0 Å². The van der Waals surface area contributed by atoms with E-state index < -0.39 is 11.6 Å². The van der Waals surface area contributed by atoms with Crippen LogP contribution in [0.1, 0.15) is 12.3 Å².